The number of hydrogen-bond acceptors (Lipinski definition) is 3. The average Bonchev–Trinajstić information content (AvgIpc) is 2.72. The maximum atomic E-state index is 12.1. The van der Waals surface area contributed by atoms with E-state index in [1.807, 2.05) is 67.6 Å². The number of rotatable bonds is 7. The number of aromatic nitrogens is 1. The van der Waals surface area contributed by atoms with Crippen molar-refractivity contribution in [3.8, 4) is 5.75 Å². The number of halogens is 1. The van der Waals surface area contributed by atoms with Crippen LogP contribution >= 0.6 is 11.6 Å². The molecule has 1 unspecified atom stereocenters. The predicted molar refractivity (Wildman–Crippen MR) is 112 cm³/mol. The summed E-state index contributed by atoms with van der Waals surface area (Å²) >= 11 is 5.89. The van der Waals surface area contributed by atoms with E-state index in [1.165, 1.54) is 6.08 Å². The number of hydrogen-bond donors (Lipinski definition) is 1. The summed E-state index contributed by atoms with van der Waals surface area (Å²) < 4.78 is 5.73. The van der Waals surface area contributed by atoms with Crippen molar-refractivity contribution < 1.29 is 9.53 Å². The van der Waals surface area contributed by atoms with Crippen molar-refractivity contribution in [3.63, 3.8) is 0 Å². The molecule has 1 N–H and O–H groups in total. The van der Waals surface area contributed by atoms with E-state index in [1.54, 1.807) is 18.5 Å². The predicted octanol–water partition coefficient (Wildman–Crippen LogP) is 5.20. The second-order valence-corrected chi connectivity index (χ2v) is 6.77. The second kappa shape index (κ2) is 9.72. The summed E-state index contributed by atoms with van der Waals surface area (Å²) in [6.45, 7) is 2.40. The van der Waals surface area contributed by atoms with E-state index in [4.69, 9.17) is 16.3 Å². The normalized spacial score (nSPS) is 11.9. The third-order valence-corrected chi connectivity index (χ3v) is 4.42. The Bertz CT molecular complexity index is 923. The molecule has 5 heteroatoms. The lowest BCUT2D eigenvalue weighted by Gasteiger charge is -2.12. The minimum Gasteiger partial charge on any atom is -0.489 e. The summed E-state index contributed by atoms with van der Waals surface area (Å²) in [4.78, 5) is 16.2. The molecule has 3 rings (SSSR count). The first-order valence-electron chi connectivity index (χ1n) is 8.96. The van der Waals surface area contributed by atoms with Crippen LogP contribution < -0.4 is 10.1 Å². The molecule has 0 spiro atoms. The molecule has 0 aliphatic heterocycles. The molecule has 0 radical (unpaired) electrons. The first-order chi connectivity index (χ1) is 13.6. The maximum Gasteiger partial charge on any atom is 0.244 e. The summed E-state index contributed by atoms with van der Waals surface area (Å²) in [5.41, 5.74) is 2.93. The van der Waals surface area contributed by atoms with Gasteiger partial charge in [0.15, 0.2) is 0 Å². The molecule has 0 aliphatic rings. The van der Waals surface area contributed by atoms with Gasteiger partial charge in [-0.05, 0) is 54.5 Å². The number of pyridine rings is 1. The van der Waals surface area contributed by atoms with Crippen LogP contribution in [0.15, 0.2) is 79.1 Å². The summed E-state index contributed by atoms with van der Waals surface area (Å²) in [7, 11) is 0. The lowest BCUT2D eigenvalue weighted by molar-refractivity contribution is -0.117. The highest BCUT2D eigenvalue weighted by molar-refractivity contribution is 6.30. The van der Waals surface area contributed by atoms with Crippen molar-refractivity contribution in [3.05, 3.63) is 101 Å². The average molecular weight is 393 g/mol. The molecule has 142 valence electrons. The van der Waals surface area contributed by atoms with Crippen LogP contribution in [0.5, 0.6) is 5.75 Å². The zero-order chi connectivity index (χ0) is 19.8. The Hall–Kier alpha value is -3.11. The molecule has 0 bridgehead atoms. The standard InChI is InChI=1S/C23H21ClN2O2/c1-17(20-7-9-21(24)10-8-20)26-23(27)13-6-18-4-11-22(12-5-18)28-16-19-3-2-14-25-15-19/h2-15,17H,16H2,1H3,(H,26,27)/b13-6+. The second-order valence-electron chi connectivity index (χ2n) is 6.33. The zero-order valence-corrected chi connectivity index (χ0v) is 16.3. The topological polar surface area (TPSA) is 51.2 Å². The van der Waals surface area contributed by atoms with Gasteiger partial charge in [0.05, 0.1) is 6.04 Å². The molecule has 28 heavy (non-hydrogen) atoms. The molecule has 1 heterocycles. The van der Waals surface area contributed by atoms with Crippen LogP contribution in [0, 0.1) is 0 Å². The molecule has 2 aromatic carbocycles. The Labute approximate surface area is 169 Å². The van der Waals surface area contributed by atoms with Gasteiger partial charge in [-0.3, -0.25) is 9.78 Å². The highest BCUT2D eigenvalue weighted by Gasteiger charge is 2.07. The monoisotopic (exact) mass is 392 g/mol. The van der Waals surface area contributed by atoms with E-state index in [-0.39, 0.29) is 11.9 Å². The van der Waals surface area contributed by atoms with E-state index in [0.717, 1.165) is 22.4 Å². The van der Waals surface area contributed by atoms with Crippen LogP contribution in [-0.4, -0.2) is 10.9 Å². The van der Waals surface area contributed by atoms with Gasteiger partial charge in [0.25, 0.3) is 0 Å². The first kappa shape index (κ1) is 19.6. The van der Waals surface area contributed by atoms with Crippen molar-refractivity contribution in [2.45, 2.75) is 19.6 Å². The third-order valence-electron chi connectivity index (χ3n) is 4.16. The quantitative estimate of drug-likeness (QED) is 0.562. The van der Waals surface area contributed by atoms with Crippen LogP contribution in [0.2, 0.25) is 5.02 Å². The van der Waals surface area contributed by atoms with E-state index in [9.17, 15) is 4.79 Å². The van der Waals surface area contributed by atoms with Gasteiger partial charge in [-0.25, -0.2) is 0 Å². The van der Waals surface area contributed by atoms with Gasteiger partial charge in [0, 0.05) is 29.1 Å². The van der Waals surface area contributed by atoms with E-state index in [2.05, 4.69) is 10.3 Å². The minimum absolute atomic E-state index is 0.0994. The van der Waals surface area contributed by atoms with Gasteiger partial charge >= 0.3 is 0 Å². The fourth-order valence-electron chi connectivity index (χ4n) is 2.59. The molecular weight excluding hydrogens is 372 g/mol. The van der Waals surface area contributed by atoms with Gasteiger partial charge in [-0.15, -0.1) is 0 Å². The minimum atomic E-state index is -0.153. The Balaban J connectivity index is 1.50. The van der Waals surface area contributed by atoms with E-state index < -0.39 is 0 Å². The lowest BCUT2D eigenvalue weighted by Crippen LogP contribution is -2.24. The molecule has 1 amide bonds. The third kappa shape index (κ3) is 5.96. The number of carbonyl (C=O) groups excluding carboxylic acids is 1. The van der Waals surface area contributed by atoms with Crippen LogP contribution in [0.4, 0.5) is 0 Å². The maximum absolute atomic E-state index is 12.1. The summed E-state index contributed by atoms with van der Waals surface area (Å²) in [5.74, 6) is 0.612. The lowest BCUT2D eigenvalue weighted by atomic mass is 10.1. The number of ether oxygens (including phenoxy) is 1. The molecule has 1 aromatic heterocycles. The molecular formula is C23H21ClN2O2. The number of amides is 1. The van der Waals surface area contributed by atoms with Crippen molar-refractivity contribution in [1.82, 2.24) is 10.3 Å². The smallest absolute Gasteiger partial charge is 0.244 e. The molecule has 4 nitrogen and oxygen atoms in total. The summed E-state index contributed by atoms with van der Waals surface area (Å²) in [6.07, 6.45) is 6.81. The molecule has 3 aromatic rings. The fraction of sp³-hybridized carbons (Fsp3) is 0.130. The van der Waals surface area contributed by atoms with Crippen molar-refractivity contribution in [2.24, 2.45) is 0 Å². The molecule has 0 aliphatic carbocycles. The van der Waals surface area contributed by atoms with Crippen molar-refractivity contribution in [1.29, 1.82) is 0 Å². The number of benzene rings is 2. The van der Waals surface area contributed by atoms with Crippen molar-refractivity contribution in [2.75, 3.05) is 0 Å². The van der Waals surface area contributed by atoms with Crippen LogP contribution in [0.25, 0.3) is 6.08 Å². The Morgan fingerprint density at radius 3 is 2.57 bits per heavy atom. The van der Waals surface area contributed by atoms with Crippen LogP contribution in [-0.2, 0) is 11.4 Å². The van der Waals surface area contributed by atoms with Gasteiger partial charge in [-0.2, -0.15) is 0 Å². The number of nitrogens with one attached hydrogen (secondary N) is 1. The Kier molecular flexibility index (Phi) is 6.82. The fourth-order valence-corrected chi connectivity index (χ4v) is 2.72. The van der Waals surface area contributed by atoms with Crippen LogP contribution in [0.3, 0.4) is 0 Å². The molecule has 1 atom stereocenters. The zero-order valence-electron chi connectivity index (χ0n) is 15.5. The Morgan fingerprint density at radius 2 is 1.89 bits per heavy atom. The molecule has 0 saturated heterocycles. The van der Waals surface area contributed by atoms with Gasteiger partial charge in [0.2, 0.25) is 5.91 Å². The highest BCUT2D eigenvalue weighted by Crippen LogP contribution is 2.17. The first-order valence-corrected chi connectivity index (χ1v) is 9.34. The van der Waals surface area contributed by atoms with E-state index >= 15 is 0 Å². The van der Waals surface area contributed by atoms with Crippen molar-refractivity contribution >= 4 is 23.6 Å². The number of nitrogens with zero attached hydrogens (tertiary/aromatic N) is 1. The largest absolute Gasteiger partial charge is 0.489 e. The number of carbonyl (C=O) groups is 1. The Morgan fingerprint density at radius 1 is 1.14 bits per heavy atom. The summed E-state index contributed by atoms with van der Waals surface area (Å²) in [6, 6.07) is 18.8. The van der Waals surface area contributed by atoms with E-state index in [0.29, 0.717) is 11.6 Å². The van der Waals surface area contributed by atoms with Crippen LogP contribution in [0.1, 0.15) is 29.7 Å². The van der Waals surface area contributed by atoms with Gasteiger partial charge in [-0.1, -0.05) is 41.9 Å². The highest BCUT2D eigenvalue weighted by atomic mass is 35.5. The summed E-state index contributed by atoms with van der Waals surface area (Å²) in [5, 5.41) is 3.61. The van der Waals surface area contributed by atoms with Gasteiger partial charge in [0.1, 0.15) is 12.4 Å². The SMILES string of the molecule is CC(NC(=O)/C=C/c1ccc(OCc2cccnc2)cc1)c1ccc(Cl)cc1. The van der Waals surface area contributed by atoms with Gasteiger partial charge < -0.3 is 10.1 Å². The molecule has 0 fully saturated rings. The molecule has 0 saturated carbocycles.